The smallest absolute Gasteiger partial charge is 0.265 e. The first-order valence-corrected chi connectivity index (χ1v) is 4.59. The standard InChI is InChI=1S/C8H9F2NS/c1-12-7-3-2-5(11)4-6(7)8(9)10/h2-4,8H,11H2,1H3. The maximum Gasteiger partial charge on any atom is 0.265 e. The molecule has 4 heteroatoms. The number of nitrogen functional groups attached to an aromatic ring is 1. The Morgan fingerprint density at radius 2 is 2.08 bits per heavy atom. The van der Waals surface area contributed by atoms with E-state index < -0.39 is 6.43 Å². The Morgan fingerprint density at radius 1 is 1.42 bits per heavy atom. The first kappa shape index (κ1) is 9.32. The van der Waals surface area contributed by atoms with E-state index in [0.29, 0.717) is 10.6 Å². The van der Waals surface area contributed by atoms with E-state index in [-0.39, 0.29) is 5.56 Å². The number of alkyl halides is 2. The van der Waals surface area contributed by atoms with Crippen LogP contribution in [0.1, 0.15) is 12.0 Å². The largest absolute Gasteiger partial charge is 0.399 e. The van der Waals surface area contributed by atoms with Crippen LogP contribution in [0.15, 0.2) is 23.1 Å². The molecule has 0 atom stereocenters. The Balaban J connectivity index is 3.12. The van der Waals surface area contributed by atoms with E-state index in [1.165, 1.54) is 17.8 Å². The number of hydrogen-bond donors (Lipinski definition) is 1. The Labute approximate surface area is 74.0 Å². The van der Waals surface area contributed by atoms with Crippen LogP contribution in [0.25, 0.3) is 0 Å². The molecule has 1 rings (SSSR count). The van der Waals surface area contributed by atoms with E-state index in [1.54, 1.807) is 18.4 Å². The summed E-state index contributed by atoms with van der Waals surface area (Å²) in [6.07, 6.45) is -0.687. The maximum atomic E-state index is 12.3. The van der Waals surface area contributed by atoms with Crippen LogP contribution in [0.5, 0.6) is 0 Å². The van der Waals surface area contributed by atoms with Gasteiger partial charge in [-0.1, -0.05) is 0 Å². The highest BCUT2D eigenvalue weighted by atomic mass is 32.2. The van der Waals surface area contributed by atoms with Crippen LogP contribution in [-0.4, -0.2) is 6.26 Å². The number of nitrogens with two attached hydrogens (primary N) is 1. The number of halogens is 2. The molecule has 2 N–H and O–H groups in total. The topological polar surface area (TPSA) is 26.0 Å². The molecule has 0 aliphatic heterocycles. The van der Waals surface area contributed by atoms with Crippen molar-refractivity contribution in [2.45, 2.75) is 11.3 Å². The fourth-order valence-electron chi connectivity index (χ4n) is 0.923. The zero-order chi connectivity index (χ0) is 9.14. The van der Waals surface area contributed by atoms with Crippen molar-refractivity contribution in [3.8, 4) is 0 Å². The lowest BCUT2D eigenvalue weighted by atomic mass is 10.2. The van der Waals surface area contributed by atoms with Gasteiger partial charge in [0.05, 0.1) is 0 Å². The Kier molecular flexibility index (Phi) is 2.92. The summed E-state index contributed by atoms with van der Waals surface area (Å²) in [4.78, 5) is 0.583. The highest BCUT2D eigenvalue weighted by molar-refractivity contribution is 7.98. The van der Waals surface area contributed by atoms with Crippen LogP contribution < -0.4 is 5.73 Å². The first-order chi connectivity index (χ1) is 5.65. The second kappa shape index (κ2) is 3.76. The zero-order valence-corrected chi connectivity index (χ0v) is 7.37. The molecule has 0 fully saturated rings. The molecule has 0 unspecified atom stereocenters. The van der Waals surface area contributed by atoms with Crippen molar-refractivity contribution in [1.82, 2.24) is 0 Å². The zero-order valence-electron chi connectivity index (χ0n) is 6.55. The molecule has 1 nitrogen and oxygen atoms in total. The quantitative estimate of drug-likeness (QED) is 0.571. The maximum absolute atomic E-state index is 12.3. The third-order valence-electron chi connectivity index (χ3n) is 1.49. The molecular formula is C8H9F2NS. The van der Waals surface area contributed by atoms with Gasteiger partial charge in [-0.05, 0) is 24.5 Å². The number of thioether (sulfide) groups is 1. The van der Waals surface area contributed by atoms with Crippen LogP contribution in [0.2, 0.25) is 0 Å². The molecule has 0 spiro atoms. The van der Waals surface area contributed by atoms with Crippen LogP contribution in [-0.2, 0) is 0 Å². The third-order valence-corrected chi connectivity index (χ3v) is 2.30. The molecule has 1 aromatic rings. The minimum Gasteiger partial charge on any atom is -0.399 e. The Hall–Kier alpha value is -0.770. The van der Waals surface area contributed by atoms with E-state index in [2.05, 4.69) is 0 Å². The lowest BCUT2D eigenvalue weighted by molar-refractivity contribution is 0.148. The van der Waals surface area contributed by atoms with Gasteiger partial charge in [0.2, 0.25) is 0 Å². The van der Waals surface area contributed by atoms with Crippen molar-refractivity contribution < 1.29 is 8.78 Å². The monoisotopic (exact) mass is 189 g/mol. The molecule has 0 amide bonds. The number of hydrogen-bond acceptors (Lipinski definition) is 2. The molecule has 1 aromatic carbocycles. The number of benzene rings is 1. The Bertz CT molecular complexity index is 276. The van der Waals surface area contributed by atoms with Gasteiger partial charge in [0.1, 0.15) is 0 Å². The van der Waals surface area contributed by atoms with Gasteiger partial charge >= 0.3 is 0 Å². The van der Waals surface area contributed by atoms with Gasteiger partial charge in [0, 0.05) is 16.1 Å². The molecule has 0 bridgehead atoms. The van der Waals surface area contributed by atoms with Crippen molar-refractivity contribution in [2.24, 2.45) is 0 Å². The predicted octanol–water partition coefficient (Wildman–Crippen LogP) is 2.93. The van der Waals surface area contributed by atoms with Crippen LogP contribution in [0.3, 0.4) is 0 Å². The molecule has 12 heavy (non-hydrogen) atoms. The molecule has 0 heterocycles. The second-order valence-corrected chi connectivity index (χ2v) is 3.15. The fraction of sp³-hybridized carbons (Fsp3) is 0.250. The third kappa shape index (κ3) is 1.88. The van der Waals surface area contributed by atoms with Crippen molar-refractivity contribution in [2.75, 3.05) is 12.0 Å². The molecule has 0 saturated heterocycles. The average Bonchev–Trinajstić information content (AvgIpc) is 2.04. The predicted molar refractivity (Wildman–Crippen MR) is 47.6 cm³/mol. The summed E-state index contributed by atoms with van der Waals surface area (Å²) in [5.41, 5.74) is 5.77. The van der Waals surface area contributed by atoms with Gasteiger partial charge in [-0.15, -0.1) is 11.8 Å². The van der Waals surface area contributed by atoms with Gasteiger partial charge in [-0.25, -0.2) is 8.78 Å². The summed E-state index contributed by atoms with van der Waals surface area (Å²) >= 11 is 1.30. The molecule has 0 radical (unpaired) electrons. The van der Waals surface area contributed by atoms with Crippen molar-refractivity contribution >= 4 is 17.4 Å². The van der Waals surface area contributed by atoms with E-state index in [0.717, 1.165) is 0 Å². The van der Waals surface area contributed by atoms with Crippen LogP contribution >= 0.6 is 11.8 Å². The van der Waals surface area contributed by atoms with Gasteiger partial charge in [-0.3, -0.25) is 0 Å². The van der Waals surface area contributed by atoms with Gasteiger partial charge in [-0.2, -0.15) is 0 Å². The summed E-state index contributed by atoms with van der Waals surface area (Å²) in [7, 11) is 0. The summed E-state index contributed by atoms with van der Waals surface area (Å²) in [5.74, 6) is 0. The summed E-state index contributed by atoms with van der Waals surface area (Å²) in [5, 5.41) is 0. The minimum absolute atomic E-state index is 0.0162. The van der Waals surface area contributed by atoms with E-state index in [9.17, 15) is 8.78 Å². The highest BCUT2D eigenvalue weighted by Crippen LogP contribution is 2.30. The summed E-state index contributed by atoms with van der Waals surface area (Å²) in [6, 6.07) is 4.55. The van der Waals surface area contributed by atoms with Crippen LogP contribution in [0.4, 0.5) is 14.5 Å². The Morgan fingerprint density at radius 3 is 2.58 bits per heavy atom. The molecule has 66 valence electrons. The minimum atomic E-state index is -2.45. The molecule has 0 aliphatic rings. The fourth-order valence-corrected chi connectivity index (χ4v) is 1.51. The van der Waals surface area contributed by atoms with Crippen molar-refractivity contribution in [3.63, 3.8) is 0 Å². The van der Waals surface area contributed by atoms with E-state index in [4.69, 9.17) is 5.73 Å². The van der Waals surface area contributed by atoms with Crippen molar-refractivity contribution in [3.05, 3.63) is 23.8 Å². The van der Waals surface area contributed by atoms with Gasteiger partial charge in [0.15, 0.2) is 0 Å². The van der Waals surface area contributed by atoms with Crippen LogP contribution in [0, 0.1) is 0 Å². The van der Waals surface area contributed by atoms with Gasteiger partial charge < -0.3 is 5.73 Å². The van der Waals surface area contributed by atoms with Gasteiger partial charge in [0.25, 0.3) is 6.43 Å². The molecule has 0 saturated carbocycles. The SMILES string of the molecule is CSc1ccc(N)cc1C(F)F. The van der Waals surface area contributed by atoms with E-state index >= 15 is 0 Å². The summed E-state index contributed by atoms with van der Waals surface area (Å²) in [6.45, 7) is 0. The molecule has 0 aliphatic carbocycles. The molecular weight excluding hydrogens is 180 g/mol. The number of rotatable bonds is 2. The second-order valence-electron chi connectivity index (χ2n) is 2.30. The molecule has 0 aromatic heterocycles. The lowest BCUT2D eigenvalue weighted by Crippen LogP contribution is -1.91. The lowest BCUT2D eigenvalue weighted by Gasteiger charge is -2.06. The average molecular weight is 189 g/mol. The normalized spacial score (nSPS) is 10.7. The highest BCUT2D eigenvalue weighted by Gasteiger charge is 2.11. The van der Waals surface area contributed by atoms with E-state index in [1.807, 2.05) is 0 Å². The first-order valence-electron chi connectivity index (χ1n) is 3.36. The number of anilines is 1. The van der Waals surface area contributed by atoms with Crippen molar-refractivity contribution in [1.29, 1.82) is 0 Å². The summed E-state index contributed by atoms with van der Waals surface area (Å²) < 4.78 is 24.7.